The van der Waals surface area contributed by atoms with Crippen LogP contribution in [-0.4, -0.2) is 34.0 Å². The highest BCUT2D eigenvalue weighted by molar-refractivity contribution is 5.79. The van der Waals surface area contributed by atoms with E-state index in [1.165, 1.54) is 23.3 Å². The number of alkyl halides is 3. The molecule has 0 radical (unpaired) electrons. The molecular weight excluding hydrogens is 395 g/mol. The number of aromatic nitrogens is 2. The van der Waals surface area contributed by atoms with E-state index in [-0.39, 0.29) is 24.1 Å². The summed E-state index contributed by atoms with van der Waals surface area (Å²) < 4.78 is 43.4. The van der Waals surface area contributed by atoms with Crippen molar-refractivity contribution < 1.29 is 22.5 Å². The molecule has 1 unspecified atom stereocenters. The third-order valence-electron chi connectivity index (χ3n) is 5.23. The Hall–Kier alpha value is -3.16. The summed E-state index contributed by atoms with van der Waals surface area (Å²) in [5, 5.41) is 3.88. The lowest BCUT2D eigenvalue weighted by Crippen LogP contribution is -2.27. The molecule has 5 nitrogen and oxygen atoms in total. The molecule has 0 N–H and O–H groups in total. The van der Waals surface area contributed by atoms with E-state index in [0.29, 0.717) is 24.5 Å². The smallest absolute Gasteiger partial charge is 0.342 e. The van der Waals surface area contributed by atoms with Crippen LogP contribution in [0.25, 0.3) is 11.4 Å². The minimum absolute atomic E-state index is 0.0296. The number of hydrogen-bond acceptors (Lipinski definition) is 4. The molecule has 30 heavy (non-hydrogen) atoms. The second kappa shape index (κ2) is 7.93. The third kappa shape index (κ3) is 4.37. The molecule has 4 rings (SSSR count). The first kappa shape index (κ1) is 20.1. The van der Waals surface area contributed by atoms with E-state index in [1.807, 2.05) is 25.1 Å². The topological polar surface area (TPSA) is 59.2 Å². The number of benzene rings is 2. The predicted molar refractivity (Wildman–Crippen MR) is 104 cm³/mol. The molecule has 0 spiro atoms. The lowest BCUT2D eigenvalue weighted by molar-refractivity contribution is -0.137. The van der Waals surface area contributed by atoms with E-state index in [1.54, 1.807) is 4.90 Å². The van der Waals surface area contributed by atoms with Crippen molar-refractivity contribution in [3.63, 3.8) is 0 Å². The molecule has 1 saturated heterocycles. The van der Waals surface area contributed by atoms with E-state index < -0.39 is 11.7 Å². The first-order chi connectivity index (χ1) is 14.3. The van der Waals surface area contributed by atoms with Crippen molar-refractivity contribution in [2.24, 2.45) is 0 Å². The van der Waals surface area contributed by atoms with Crippen LogP contribution in [0, 0.1) is 6.92 Å². The number of aryl methyl sites for hydroxylation is 1. The lowest BCUT2D eigenvalue weighted by atomic mass is 10.1. The van der Waals surface area contributed by atoms with Crippen LogP contribution in [0.15, 0.2) is 53.1 Å². The molecule has 1 atom stereocenters. The number of nitrogens with zero attached hydrogens (tertiary/aromatic N) is 3. The van der Waals surface area contributed by atoms with Crippen LogP contribution >= 0.6 is 0 Å². The van der Waals surface area contributed by atoms with Crippen LogP contribution in [0.4, 0.5) is 13.2 Å². The standard InChI is InChI=1S/C22H20F3N3O2/c1-14-3-2-4-15(11-14)9-10-28-13-17(12-19(28)29)21-26-20(27-30-21)16-5-7-18(8-6-16)22(23,24)25/h2-8,11,17H,9-10,12-13H2,1H3. The van der Waals surface area contributed by atoms with E-state index in [4.69, 9.17) is 4.52 Å². The Morgan fingerprint density at radius 3 is 2.63 bits per heavy atom. The van der Waals surface area contributed by atoms with Gasteiger partial charge >= 0.3 is 6.18 Å². The lowest BCUT2D eigenvalue weighted by Gasteiger charge is -2.16. The summed E-state index contributed by atoms with van der Waals surface area (Å²) in [6.45, 7) is 3.13. The van der Waals surface area contributed by atoms with Gasteiger partial charge in [-0.3, -0.25) is 4.79 Å². The molecular formula is C22H20F3N3O2. The maximum Gasteiger partial charge on any atom is 0.416 e. The molecule has 156 valence electrons. The van der Waals surface area contributed by atoms with Crippen molar-refractivity contribution in [1.82, 2.24) is 15.0 Å². The van der Waals surface area contributed by atoms with Crippen molar-refractivity contribution in [1.29, 1.82) is 0 Å². The van der Waals surface area contributed by atoms with Gasteiger partial charge in [-0.25, -0.2) is 0 Å². The molecule has 0 bridgehead atoms. The van der Waals surface area contributed by atoms with Gasteiger partial charge in [-0.15, -0.1) is 0 Å². The van der Waals surface area contributed by atoms with Crippen LogP contribution in [0.5, 0.6) is 0 Å². The Morgan fingerprint density at radius 1 is 1.17 bits per heavy atom. The Kier molecular flexibility index (Phi) is 5.32. The average Bonchev–Trinajstić information content (AvgIpc) is 3.33. The molecule has 2 aromatic carbocycles. The van der Waals surface area contributed by atoms with Gasteiger partial charge in [-0.2, -0.15) is 18.2 Å². The van der Waals surface area contributed by atoms with Crippen LogP contribution in [-0.2, 0) is 17.4 Å². The largest absolute Gasteiger partial charge is 0.416 e. The number of amides is 1. The summed E-state index contributed by atoms with van der Waals surface area (Å²) >= 11 is 0. The van der Waals surface area contributed by atoms with E-state index >= 15 is 0 Å². The van der Waals surface area contributed by atoms with Crippen molar-refractivity contribution >= 4 is 5.91 Å². The molecule has 3 aromatic rings. The molecule has 0 saturated carbocycles. The zero-order chi connectivity index (χ0) is 21.3. The highest BCUT2D eigenvalue weighted by Crippen LogP contribution is 2.32. The normalized spacial score (nSPS) is 17.0. The van der Waals surface area contributed by atoms with Crippen LogP contribution < -0.4 is 0 Å². The van der Waals surface area contributed by atoms with Gasteiger partial charge < -0.3 is 9.42 Å². The molecule has 1 aromatic heterocycles. The summed E-state index contributed by atoms with van der Waals surface area (Å²) in [5.41, 5.74) is 2.05. The fourth-order valence-corrected chi connectivity index (χ4v) is 3.61. The number of carbonyl (C=O) groups excluding carboxylic acids is 1. The number of carbonyl (C=O) groups is 1. The Bertz CT molecular complexity index is 1040. The van der Waals surface area contributed by atoms with Crippen molar-refractivity contribution in [3.8, 4) is 11.4 Å². The number of rotatable bonds is 5. The quantitative estimate of drug-likeness (QED) is 0.610. The minimum Gasteiger partial charge on any atom is -0.342 e. The average molecular weight is 415 g/mol. The third-order valence-corrected chi connectivity index (χ3v) is 5.23. The van der Waals surface area contributed by atoms with Crippen molar-refractivity contribution in [3.05, 3.63) is 71.1 Å². The maximum atomic E-state index is 12.7. The Morgan fingerprint density at radius 2 is 1.93 bits per heavy atom. The Labute approximate surface area is 171 Å². The number of halogens is 3. The second-order valence-electron chi connectivity index (χ2n) is 7.51. The molecule has 1 aliphatic heterocycles. The van der Waals surface area contributed by atoms with Crippen molar-refractivity contribution in [2.45, 2.75) is 31.9 Å². The van der Waals surface area contributed by atoms with E-state index in [9.17, 15) is 18.0 Å². The molecule has 1 amide bonds. The highest BCUT2D eigenvalue weighted by atomic mass is 19.4. The summed E-state index contributed by atoms with van der Waals surface area (Å²) in [6, 6.07) is 12.8. The second-order valence-corrected chi connectivity index (χ2v) is 7.51. The summed E-state index contributed by atoms with van der Waals surface area (Å²) in [6.07, 6.45) is -3.35. The molecule has 1 fully saturated rings. The molecule has 2 heterocycles. The monoisotopic (exact) mass is 415 g/mol. The van der Waals surface area contributed by atoms with Gasteiger partial charge in [0.15, 0.2) is 0 Å². The van der Waals surface area contributed by atoms with Gasteiger partial charge in [-0.05, 0) is 31.0 Å². The van der Waals surface area contributed by atoms with Gasteiger partial charge in [0.2, 0.25) is 17.6 Å². The van der Waals surface area contributed by atoms with Gasteiger partial charge in [0.25, 0.3) is 0 Å². The predicted octanol–water partition coefficient (Wildman–Crippen LogP) is 4.62. The molecule has 8 heteroatoms. The number of hydrogen-bond donors (Lipinski definition) is 0. The summed E-state index contributed by atoms with van der Waals surface area (Å²) in [5.74, 6) is 0.355. The maximum absolute atomic E-state index is 12.7. The van der Waals surface area contributed by atoms with Crippen LogP contribution in [0.3, 0.4) is 0 Å². The van der Waals surface area contributed by atoms with Gasteiger partial charge in [0, 0.05) is 25.1 Å². The van der Waals surface area contributed by atoms with Crippen LogP contribution in [0.2, 0.25) is 0 Å². The van der Waals surface area contributed by atoms with Gasteiger partial charge in [0.05, 0.1) is 11.5 Å². The fraction of sp³-hybridized carbons (Fsp3) is 0.318. The summed E-state index contributed by atoms with van der Waals surface area (Å²) in [4.78, 5) is 18.5. The summed E-state index contributed by atoms with van der Waals surface area (Å²) in [7, 11) is 0. The van der Waals surface area contributed by atoms with E-state index in [0.717, 1.165) is 18.6 Å². The van der Waals surface area contributed by atoms with Crippen LogP contribution in [0.1, 0.15) is 34.9 Å². The first-order valence-corrected chi connectivity index (χ1v) is 9.64. The van der Waals surface area contributed by atoms with Gasteiger partial charge in [-0.1, -0.05) is 47.1 Å². The molecule has 1 aliphatic rings. The zero-order valence-corrected chi connectivity index (χ0v) is 16.3. The zero-order valence-electron chi connectivity index (χ0n) is 16.3. The van der Waals surface area contributed by atoms with Crippen molar-refractivity contribution in [2.75, 3.05) is 13.1 Å². The molecule has 0 aliphatic carbocycles. The van der Waals surface area contributed by atoms with Gasteiger partial charge in [0.1, 0.15) is 0 Å². The highest BCUT2D eigenvalue weighted by Gasteiger charge is 2.34. The van der Waals surface area contributed by atoms with E-state index in [2.05, 4.69) is 16.2 Å². The Balaban J connectivity index is 1.41. The number of likely N-dealkylation sites (tertiary alicyclic amines) is 1. The minimum atomic E-state index is -4.40. The first-order valence-electron chi connectivity index (χ1n) is 9.64. The SMILES string of the molecule is Cc1cccc(CCN2CC(c3nc(-c4ccc(C(F)(F)F)cc4)no3)CC2=O)c1. The fourth-order valence-electron chi connectivity index (χ4n) is 3.61.